The summed E-state index contributed by atoms with van der Waals surface area (Å²) in [7, 11) is 2.07. The predicted molar refractivity (Wildman–Crippen MR) is 88.4 cm³/mol. The van der Waals surface area contributed by atoms with Gasteiger partial charge < -0.3 is 5.32 Å². The van der Waals surface area contributed by atoms with E-state index in [0.717, 1.165) is 19.5 Å². The van der Waals surface area contributed by atoms with E-state index in [1.807, 2.05) is 0 Å². The molecule has 1 unspecified atom stereocenters. The molecule has 21 heavy (non-hydrogen) atoms. The van der Waals surface area contributed by atoms with Crippen LogP contribution in [0.3, 0.4) is 0 Å². The maximum absolute atomic E-state index is 4.58. The molecule has 1 atom stereocenters. The van der Waals surface area contributed by atoms with E-state index in [0.29, 0.717) is 6.04 Å². The van der Waals surface area contributed by atoms with Crippen LogP contribution in [-0.2, 0) is 20.0 Å². The lowest BCUT2D eigenvalue weighted by Gasteiger charge is -2.37. The Hall–Kier alpha value is -0.870. The van der Waals surface area contributed by atoms with E-state index >= 15 is 0 Å². The average molecular weight is 292 g/mol. The predicted octanol–water partition coefficient (Wildman–Crippen LogP) is 2.73. The number of hydrogen-bond donors (Lipinski definition) is 1. The first kappa shape index (κ1) is 16.5. The normalized spacial score (nSPS) is 20.9. The van der Waals surface area contributed by atoms with Gasteiger partial charge in [-0.05, 0) is 52.6 Å². The first-order chi connectivity index (χ1) is 9.89. The van der Waals surface area contributed by atoms with Crippen molar-refractivity contribution in [2.24, 2.45) is 7.05 Å². The van der Waals surface area contributed by atoms with Gasteiger partial charge in [-0.2, -0.15) is 5.10 Å². The van der Waals surface area contributed by atoms with Gasteiger partial charge in [-0.15, -0.1) is 0 Å². The summed E-state index contributed by atoms with van der Waals surface area (Å²) in [6.07, 6.45) is 5.01. The summed E-state index contributed by atoms with van der Waals surface area (Å²) < 4.78 is 2.06. The molecule has 1 fully saturated rings. The third-order valence-corrected chi connectivity index (χ3v) is 4.37. The van der Waals surface area contributed by atoms with Crippen molar-refractivity contribution in [1.82, 2.24) is 20.0 Å². The molecule has 0 aliphatic carbocycles. The van der Waals surface area contributed by atoms with Crippen LogP contribution in [-0.4, -0.2) is 39.4 Å². The number of hydrogen-bond acceptors (Lipinski definition) is 3. The zero-order valence-electron chi connectivity index (χ0n) is 14.4. The molecule has 2 heterocycles. The van der Waals surface area contributed by atoms with Crippen LogP contribution in [0.4, 0.5) is 0 Å². The van der Waals surface area contributed by atoms with Crippen molar-refractivity contribution in [1.29, 1.82) is 0 Å². The van der Waals surface area contributed by atoms with Gasteiger partial charge in [0.05, 0.1) is 11.4 Å². The van der Waals surface area contributed by atoms with E-state index in [1.54, 1.807) is 0 Å². The second-order valence-corrected chi connectivity index (χ2v) is 7.36. The number of nitrogens with zero attached hydrogens (tertiary/aromatic N) is 3. The van der Waals surface area contributed by atoms with Crippen LogP contribution in [0, 0.1) is 0 Å². The van der Waals surface area contributed by atoms with E-state index in [4.69, 9.17) is 0 Å². The van der Waals surface area contributed by atoms with Gasteiger partial charge in [0.2, 0.25) is 0 Å². The van der Waals surface area contributed by atoms with E-state index in [2.05, 4.69) is 60.8 Å². The van der Waals surface area contributed by atoms with Crippen molar-refractivity contribution in [3.8, 4) is 0 Å². The highest BCUT2D eigenvalue weighted by Crippen LogP contribution is 2.20. The van der Waals surface area contributed by atoms with Crippen LogP contribution in [0.2, 0.25) is 0 Å². The fourth-order valence-electron chi connectivity index (χ4n) is 3.02. The molecule has 4 nitrogen and oxygen atoms in total. The van der Waals surface area contributed by atoms with Crippen molar-refractivity contribution in [2.45, 2.75) is 71.5 Å². The summed E-state index contributed by atoms with van der Waals surface area (Å²) in [6, 6.07) is 2.92. The minimum atomic E-state index is 0.199. The van der Waals surface area contributed by atoms with Crippen molar-refractivity contribution in [3.05, 3.63) is 17.5 Å². The van der Waals surface area contributed by atoms with Gasteiger partial charge in [0.15, 0.2) is 0 Å². The van der Waals surface area contributed by atoms with Gasteiger partial charge in [-0.3, -0.25) is 9.58 Å². The summed E-state index contributed by atoms with van der Waals surface area (Å²) in [5.74, 6) is 0. The highest BCUT2D eigenvalue weighted by atomic mass is 15.3. The third-order valence-electron chi connectivity index (χ3n) is 4.37. The van der Waals surface area contributed by atoms with Crippen LogP contribution in [0.1, 0.15) is 58.3 Å². The van der Waals surface area contributed by atoms with Gasteiger partial charge in [-0.1, -0.05) is 13.3 Å². The molecule has 1 N–H and O–H groups in total. The Balaban J connectivity index is 1.99. The number of aryl methyl sites for hydroxylation is 2. The number of piperidine rings is 1. The third kappa shape index (κ3) is 4.82. The molecule has 1 aromatic rings. The largest absolute Gasteiger partial charge is 0.311 e. The highest BCUT2D eigenvalue weighted by molar-refractivity contribution is 5.10. The molecule has 0 bridgehead atoms. The van der Waals surface area contributed by atoms with Crippen LogP contribution < -0.4 is 5.32 Å². The summed E-state index contributed by atoms with van der Waals surface area (Å²) >= 11 is 0. The number of likely N-dealkylation sites (tertiary alicyclic amines) is 1. The number of rotatable bonds is 5. The van der Waals surface area contributed by atoms with Crippen LogP contribution in [0.25, 0.3) is 0 Å². The monoisotopic (exact) mass is 292 g/mol. The van der Waals surface area contributed by atoms with E-state index in [-0.39, 0.29) is 5.54 Å². The number of nitrogens with one attached hydrogen (secondary N) is 1. The molecule has 1 aliphatic rings. The van der Waals surface area contributed by atoms with Crippen LogP contribution in [0.5, 0.6) is 0 Å². The molecule has 0 amide bonds. The summed E-state index contributed by atoms with van der Waals surface area (Å²) in [4.78, 5) is 2.64. The standard InChI is InChI=1S/C17H32N4/c1-6-14-11-16(20(5)19-14)13-21-10-8-7-9-15(21)12-18-17(2,3)4/h11,15,18H,6-10,12-13H2,1-5H3. The molecular formula is C17H32N4. The Labute approximate surface area is 129 Å². The van der Waals surface area contributed by atoms with Crippen LogP contribution >= 0.6 is 0 Å². The Morgan fingerprint density at radius 2 is 2.10 bits per heavy atom. The first-order valence-corrected chi connectivity index (χ1v) is 8.40. The second-order valence-electron chi connectivity index (χ2n) is 7.36. The number of aromatic nitrogens is 2. The highest BCUT2D eigenvalue weighted by Gasteiger charge is 2.24. The molecule has 0 radical (unpaired) electrons. The summed E-state index contributed by atoms with van der Waals surface area (Å²) in [5, 5.41) is 8.25. The molecule has 0 aromatic carbocycles. The van der Waals surface area contributed by atoms with Gasteiger partial charge in [0, 0.05) is 31.7 Å². The summed E-state index contributed by atoms with van der Waals surface area (Å²) in [6.45, 7) is 12.2. The maximum Gasteiger partial charge on any atom is 0.0625 e. The van der Waals surface area contributed by atoms with Crippen molar-refractivity contribution in [3.63, 3.8) is 0 Å². The molecule has 120 valence electrons. The SMILES string of the molecule is CCc1cc(CN2CCCCC2CNC(C)(C)C)n(C)n1. The Bertz CT molecular complexity index is 444. The van der Waals surface area contributed by atoms with Gasteiger partial charge in [0.25, 0.3) is 0 Å². The fourth-order valence-corrected chi connectivity index (χ4v) is 3.02. The topological polar surface area (TPSA) is 33.1 Å². The quantitative estimate of drug-likeness (QED) is 0.906. The van der Waals surface area contributed by atoms with E-state index in [9.17, 15) is 0 Å². The lowest BCUT2D eigenvalue weighted by Crippen LogP contribution is -2.49. The Kier molecular flexibility index (Phi) is 5.44. The maximum atomic E-state index is 4.58. The smallest absolute Gasteiger partial charge is 0.0625 e. The second kappa shape index (κ2) is 6.93. The first-order valence-electron chi connectivity index (χ1n) is 8.40. The molecular weight excluding hydrogens is 260 g/mol. The Morgan fingerprint density at radius 1 is 1.33 bits per heavy atom. The lowest BCUT2D eigenvalue weighted by molar-refractivity contribution is 0.128. The molecule has 4 heteroatoms. The molecule has 0 saturated carbocycles. The summed E-state index contributed by atoms with van der Waals surface area (Å²) in [5.41, 5.74) is 2.74. The van der Waals surface area contributed by atoms with Crippen LogP contribution in [0.15, 0.2) is 6.07 Å². The minimum Gasteiger partial charge on any atom is -0.311 e. The van der Waals surface area contributed by atoms with E-state index < -0.39 is 0 Å². The zero-order valence-corrected chi connectivity index (χ0v) is 14.4. The van der Waals surface area contributed by atoms with Gasteiger partial charge in [-0.25, -0.2) is 0 Å². The van der Waals surface area contributed by atoms with Crippen molar-refractivity contribution in [2.75, 3.05) is 13.1 Å². The minimum absolute atomic E-state index is 0.199. The zero-order chi connectivity index (χ0) is 15.5. The van der Waals surface area contributed by atoms with Gasteiger partial charge >= 0.3 is 0 Å². The average Bonchev–Trinajstić information content (AvgIpc) is 2.78. The van der Waals surface area contributed by atoms with E-state index in [1.165, 1.54) is 37.2 Å². The lowest BCUT2D eigenvalue weighted by atomic mass is 10.00. The van der Waals surface area contributed by atoms with Crippen molar-refractivity contribution < 1.29 is 0 Å². The van der Waals surface area contributed by atoms with Gasteiger partial charge in [0.1, 0.15) is 0 Å². The Morgan fingerprint density at radius 3 is 2.71 bits per heavy atom. The molecule has 2 rings (SSSR count). The molecule has 1 saturated heterocycles. The van der Waals surface area contributed by atoms with Crippen molar-refractivity contribution >= 4 is 0 Å². The molecule has 1 aromatic heterocycles. The fraction of sp³-hybridized carbons (Fsp3) is 0.824. The molecule has 1 aliphatic heterocycles. The molecule has 0 spiro atoms.